The molecule has 16 heteroatoms. The van der Waals surface area contributed by atoms with Crippen molar-refractivity contribution in [2.45, 2.75) is 113 Å². The molecule has 2 saturated heterocycles. The number of sulfonamides is 1. The van der Waals surface area contributed by atoms with Gasteiger partial charge in [-0.2, -0.15) is 13.2 Å². The van der Waals surface area contributed by atoms with Gasteiger partial charge in [-0.15, -0.1) is 0 Å². The smallest absolute Gasteiger partial charge is 0.340 e. The molecule has 0 radical (unpaired) electrons. The molecule has 9 nitrogen and oxygen atoms in total. The first-order chi connectivity index (χ1) is 18.4. The van der Waals surface area contributed by atoms with Gasteiger partial charge in [-0.3, -0.25) is 26.6 Å². The summed E-state index contributed by atoms with van der Waals surface area (Å²) in [6.07, 6.45) is -8.07. The lowest BCUT2D eigenvalue weighted by atomic mass is 9.88. The third-order valence-electron chi connectivity index (χ3n) is 8.05. The third-order valence-corrected chi connectivity index (χ3v) is 10.4. The minimum absolute atomic E-state index is 0.0912. The van der Waals surface area contributed by atoms with Gasteiger partial charge in [-0.1, -0.05) is 0 Å². The second-order valence-corrected chi connectivity index (χ2v) is 13.3. The highest BCUT2D eigenvalue weighted by Gasteiger charge is 2.41. The van der Waals surface area contributed by atoms with E-state index in [1.54, 1.807) is 0 Å². The normalized spacial score (nSPS) is 38.1. The van der Waals surface area contributed by atoms with E-state index in [2.05, 4.69) is 26.6 Å². The maximum absolute atomic E-state index is 13.8. The molecule has 2 heterocycles. The van der Waals surface area contributed by atoms with Crippen LogP contribution in [0.25, 0.3) is 0 Å². The maximum Gasteiger partial charge on any atom is 0.411 e. The molecule has 2 saturated carbocycles. The molecular formula is C23H40F6N6O3S. The lowest BCUT2D eigenvalue weighted by molar-refractivity contribution is -0.199. The second-order valence-electron chi connectivity index (χ2n) is 11.1. The largest absolute Gasteiger partial charge is 0.411 e. The molecule has 0 spiro atoms. The third kappa shape index (κ3) is 9.12. The lowest BCUT2D eigenvalue weighted by Gasteiger charge is -2.42. The van der Waals surface area contributed by atoms with Crippen molar-refractivity contribution in [1.82, 2.24) is 30.9 Å². The minimum atomic E-state index is -4.50. The zero-order valence-electron chi connectivity index (χ0n) is 21.7. The summed E-state index contributed by atoms with van der Waals surface area (Å²) < 4.78 is 111. The molecule has 6 unspecified atom stereocenters. The van der Waals surface area contributed by atoms with Gasteiger partial charge in [0.1, 0.15) is 37.7 Å². The van der Waals surface area contributed by atoms with Gasteiger partial charge >= 0.3 is 6.18 Å². The molecule has 4 rings (SSSR count). The zero-order valence-corrected chi connectivity index (χ0v) is 22.6. The van der Waals surface area contributed by atoms with Crippen LogP contribution >= 0.6 is 0 Å². The quantitative estimate of drug-likeness (QED) is 0.258. The number of rotatable bonds is 9. The summed E-state index contributed by atoms with van der Waals surface area (Å²) in [6, 6.07) is -0.154. The fourth-order valence-corrected chi connectivity index (χ4v) is 7.75. The number of alkyl halides is 6. The Morgan fingerprint density at radius 3 is 2.15 bits per heavy atom. The average Bonchev–Trinajstić information content (AvgIpc) is 2.88. The van der Waals surface area contributed by atoms with Gasteiger partial charge in [-0.05, 0) is 63.7 Å². The summed E-state index contributed by atoms with van der Waals surface area (Å²) in [5.41, 5.74) is 0. The topological polar surface area (TPSA) is 107 Å². The Balaban J connectivity index is 1.28. The number of ether oxygens (including phenoxy) is 1. The fourth-order valence-electron chi connectivity index (χ4n) is 5.75. The van der Waals surface area contributed by atoms with Crippen molar-refractivity contribution in [3.63, 3.8) is 0 Å². The van der Waals surface area contributed by atoms with Gasteiger partial charge in [0.15, 0.2) is 6.35 Å². The summed E-state index contributed by atoms with van der Waals surface area (Å²) in [5, 5.41) is 14.6. The summed E-state index contributed by atoms with van der Waals surface area (Å²) in [5.74, 6) is 0.260. The standard InChI is InChI=1S/C23H40F6N6O3S/c24-15-3-1-14(2-4-15)12-30-20-32-21(34-22(33-20)38-13-23(27,28)29)31-16-7-9-35(10-8-16)39(36,37)17-5-6-18(25)19(26)11-17/h14-22,30-34H,1-13H2. The fraction of sp³-hybridized carbons (Fsp3) is 1.00. The SMILES string of the molecule is O=S(=O)(C1CCC(F)C(F)C1)N1CCC(NC2NC(NCC3CCC(F)CC3)NC(OCC(F)(F)F)N2)CC1. The van der Waals surface area contributed by atoms with E-state index in [9.17, 15) is 34.8 Å². The van der Waals surface area contributed by atoms with Crippen LogP contribution in [0, 0.1) is 5.92 Å². The molecule has 4 fully saturated rings. The van der Waals surface area contributed by atoms with Gasteiger partial charge in [0.25, 0.3) is 0 Å². The Labute approximate surface area is 225 Å². The first kappa shape index (κ1) is 31.2. The van der Waals surface area contributed by atoms with E-state index in [4.69, 9.17) is 4.74 Å². The van der Waals surface area contributed by atoms with Crippen LogP contribution in [0.3, 0.4) is 0 Å². The number of halogens is 6. The van der Waals surface area contributed by atoms with Crippen molar-refractivity contribution in [1.29, 1.82) is 0 Å². The van der Waals surface area contributed by atoms with Crippen molar-refractivity contribution >= 4 is 10.0 Å². The summed E-state index contributed by atoms with van der Waals surface area (Å²) in [6.45, 7) is -0.497. The molecule has 0 bridgehead atoms. The minimum Gasteiger partial charge on any atom is -0.340 e. The molecule has 0 aromatic heterocycles. The molecule has 228 valence electrons. The Kier molecular flexibility index (Phi) is 10.8. The molecule has 0 amide bonds. The van der Waals surface area contributed by atoms with Gasteiger partial charge in [0, 0.05) is 25.7 Å². The summed E-state index contributed by atoms with van der Waals surface area (Å²) in [4.78, 5) is 0. The summed E-state index contributed by atoms with van der Waals surface area (Å²) >= 11 is 0. The van der Waals surface area contributed by atoms with E-state index in [0.29, 0.717) is 32.2 Å². The molecule has 39 heavy (non-hydrogen) atoms. The van der Waals surface area contributed by atoms with Crippen LogP contribution in [0.5, 0.6) is 0 Å². The van der Waals surface area contributed by atoms with E-state index < -0.39 is 65.5 Å². The van der Waals surface area contributed by atoms with Crippen molar-refractivity contribution in [2.24, 2.45) is 5.92 Å². The molecular weight excluding hydrogens is 554 g/mol. The predicted octanol–water partition coefficient (Wildman–Crippen LogP) is 1.93. The number of nitrogens with zero attached hydrogens (tertiary/aromatic N) is 1. The first-order valence-electron chi connectivity index (χ1n) is 13.8. The monoisotopic (exact) mass is 594 g/mol. The first-order valence-corrected chi connectivity index (χ1v) is 15.3. The van der Waals surface area contributed by atoms with Crippen LogP contribution in [0.2, 0.25) is 0 Å². The van der Waals surface area contributed by atoms with Gasteiger partial charge in [0.2, 0.25) is 10.0 Å². The molecule has 4 aliphatic rings. The van der Waals surface area contributed by atoms with E-state index in [0.717, 1.165) is 12.8 Å². The Morgan fingerprint density at radius 2 is 1.51 bits per heavy atom. The maximum atomic E-state index is 13.8. The Bertz CT molecular complexity index is 873. The molecule has 5 N–H and O–H groups in total. The van der Waals surface area contributed by atoms with Crippen LogP contribution in [0.15, 0.2) is 0 Å². The van der Waals surface area contributed by atoms with Crippen molar-refractivity contribution in [2.75, 3.05) is 26.2 Å². The Morgan fingerprint density at radius 1 is 0.846 bits per heavy atom. The van der Waals surface area contributed by atoms with E-state index in [-0.39, 0.29) is 44.3 Å². The zero-order chi connectivity index (χ0) is 28.2. The molecule has 0 aromatic carbocycles. The number of hydrogen-bond acceptors (Lipinski definition) is 8. The van der Waals surface area contributed by atoms with Gasteiger partial charge in [0.05, 0.1) is 5.25 Å². The molecule has 0 aromatic rings. The highest BCUT2D eigenvalue weighted by molar-refractivity contribution is 7.89. The second kappa shape index (κ2) is 13.5. The highest BCUT2D eigenvalue weighted by atomic mass is 32.2. The van der Waals surface area contributed by atoms with Gasteiger partial charge in [-0.25, -0.2) is 25.9 Å². The van der Waals surface area contributed by atoms with Crippen molar-refractivity contribution < 1.29 is 39.5 Å². The molecule has 2 aliphatic heterocycles. The summed E-state index contributed by atoms with van der Waals surface area (Å²) in [7, 11) is -3.76. The number of nitrogens with one attached hydrogen (secondary N) is 5. The van der Waals surface area contributed by atoms with Crippen molar-refractivity contribution in [3.8, 4) is 0 Å². The van der Waals surface area contributed by atoms with Crippen LogP contribution < -0.4 is 26.6 Å². The average molecular weight is 595 g/mol. The molecule has 6 atom stereocenters. The molecule has 2 aliphatic carbocycles. The highest BCUT2D eigenvalue weighted by Crippen LogP contribution is 2.31. The van der Waals surface area contributed by atoms with Gasteiger partial charge < -0.3 is 4.74 Å². The van der Waals surface area contributed by atoms with E-state index in [1.807, 2.05) is 0 Å². The van der Waals surface area contributed by atoms with E-state index in [1.165, 1.54) is 4.31 Å². The predicted molar refractivity (Wildman–Crippen MR) is 132 cm³/mol. The van der Waals surface area contributed by atoms with Crippen LogP contribution in [-0.2, 0) is 14.8 Å². The number of hydrogen-bond donors (Lipinski definition) is 5. The Hall–Kier alpha value is -0.750. The van der Waals surface area contributed by atoms with Crippen molar-refractivity contribution in [3.05, 3.63) is 0 Å². The van der Waals surface area contributed by atoms with Crippen LogP contribution in [0.1, 0.15) is 57.8 Å². The van der Waals surface area contributed by atoms with Crippen LogP contribution in [-0.4, -0.2) is 93.9 Å². The lowest BCUT2D eigenvalue weighted by Crippen LogP contribution is -2.76. The number of piperidine rings is 1. The van der Waals surface area contributed by atoms with Crippen LogP contribution in [0.4, 0.5) is 26.3 Å². The van der Waals surface area contributed by atoms with E-state index >= 15 is 0 Å².